The minimum Gasteiger partial charge on any atom is -0.370 e. The first-order chi connectivity index (χ1) is 8.30. The summed E-state index contributed by atoms with van der Waals surface area (Å²) in [5.74, 6) is -1.05. The SMILES string of the molecule is NC(N)=NC(=O)CCc1ccccc1C(F)(F)F. The number of carbonyl (C=O) groups excluding carboxylic acids is 1. The third-order valence-electron chi connectivity index (χ3n) is 2.18. The maximum Gasteiger partial charge on any atom is 0.416 e. The summed E-state index contributed by atoms with van der Waals surface area (Å²) in [6, 6.07) is 5.08. The molecule has 18 heavy (non-hydrogen) atoms. The molecule has 0 saturated carbocycles. The van der Waals surface area contributed by atoms with Gasteiger partial charge in [-0.25, -0.2) is 0 Å². The fourth-order valence-electron chi connectivity index (χ4n) is 1.46. The molecule has 0 spiro atoms. The molecule has 0 saturated heterocycles. The average Bonchev–Trinajstić information content (AvgIpc) is 2.24. The Kier molecular flexibility index (Phi) is 4.30. The molecule has 4 N–H and O–H groups in total. The van der Waals surface area contributed by atoms with E-state index in [1.54, 1.807) is 0 Å². The van der Waals surface area contributed by atoms with Crippen molar-refractivity contribution >= 4 is 11.9 Å². The number of benzene rings is 1. The summed E-state index contributed by atoms with van der Waals surface area (Å²) in [5.41, 5.74) is 9.27. The van der Waals surface area contributed by atoms with Gasteiger partial charge < -0.3 is 11.5 Å². The molecule has 0 radical (unpaired) electrons. The van der Waals surface area contributed by atoms with E-state index in [9.17, 15) is 18.0 Å². The van der Waals surface area contributed by atoms with Crippen LogP contribution in [0.3, 0.4) is 0 Å². The molecule has 1 aromatic rings. The van der Waals surface area contributed by atoms with Crippen molar-refractivity contribution in [2.45, 2.75) is 19.0 Å². The summed E-state index contributed by atoms with van der Waals surface area (Å²) in [5, 5.41) is 0. The van der Waals surface area contributed by atoms with E-state index in [-0.39, 0.29) is 18.4 Å². The first kappa shape index (κ1) is 14.0. The third kappa shape index (κ3) is 4.08. The van der Waals surface area contributed by atoms with Crippen LogP contribution in [-0.2, 0) is 17.4 Å². The highest BCUT2D eigenvalue weighted by atomic mass is 19.4. The summed E-state index contributed by atoms with van der Waals surface area (Å²) in [6.07, 6.45) is -4.67. The number of amides is 1. The Morgan fingerprint density at radius 2 is 1.83 bits per heavy atom. The van der Waals surface area contributed by atoms with Crippen LogP contribution >= 0.6 is 0 Å². The molecule has 0 unspecified atom stereocenters. The van der Waals surface area contributed by atoms with Gasteiger partial charge in [-0.1, -0.05) is 18.2 Å². The first-order valence-corrected chi connectivity index (χ1v) is 5.08. The predicted molar refractivity (Wildman–Crippen MR) is 60.6 cm³/mol. The molecule has 1 rings (SSSR count). The van der Waals surface area contributed by atoms with Gasteiger partial charge in [0.2, 0.25) is 5.91 Å². The lowest BCUT2D eigenvalue weighted by Crippen LogP contribution is -2.24. The van der Waals surface area contributed by atoms with Crippen LogP contribution in [-0.4, -0.2) is 11.9 Å². The molecule has 1 amide bonds. The molecule has 1 aromatic carbocycles. The highest BCUT2D eigenvalue weighted by molar-refractivity contribution is 5.91. The first-order valence-electron chi connectivity index (χ1n) is 5.08. The lowest BCUT2D eigenvalue weighted by Gasteiger charge is -2.11. The zero-order valence-corrected chi connectivity index (χ0v) is 9.37. The fourth-order valence-corrected chi connectivity index (χ4v) is 1.46. The van der Waals surface area contributed by atoms with Crippen LogP contribution in [0.25, 0.3) is 0 Å². The molecule has 0 heterocycles. The minimum atomic E-state index is -4.43. The molecular weight excluding hydrogens is 247 g/mol. The van der Waals surface area contributed by atoms with Crippen LogP contribution in [0, 0.1) is 0 Å². The molecular formula is C11H12F3N3O. The van der Waals surface area contributed by atoms with Crippen molar-refractivity contribution in [3.63, 3.8) is 0 Å². The summed E-state index contributed by atoms with van der Waals surface area (Å²) in [4.78, 5) is 14.4. The molecule has 4 nitrogen and oxygen atoms in total. The largest absolute Gasteiger partial charge is 0.416 e. The monoisotopic (exact) mass is 259 g/mol. The fraction of sp³-hybridized carbons (Fsp3) is 0.273. The normalized spacial score (nSPS) is 11.1. The number of aliphatic imine (C=N–C) groups is 1. The van der Waals surface area contributed by atoms with E-state index in [1.807, 2.05) is 0 Å². The summed E-state index contributed by atoms with van der Waals surface area (Å²) in [7, 11) is 0. The number of guanidine groups is 1. The lowest BCUT2D eigenvalue weighted by atomic mass is 10.0. The molecule has 0 aromatic heterocycles. The van der Waals surface area contributed by atoms with Gasteiger partial charge in [-0.2, -0.15) is 18.2 Å². The lowest BCUT2D eigenvalue weighted by molar-refractivity contribution is -0.138. The van der Waals surface area contributed by atoms with Gasteiger partial charge in [0.25, 0.3) is 0 Å². The number of carbonyl (C=O) groups is 1. The molecule has 98 valence electrons. The van der Waals surface area contributed by atoms with Crippen molar-refractivity contribution in [3.8, 4) is 0 Å². The Hall–Kier alpha value is -2.05. The summed E-state index contributed by atoms with van der Waals surface area (Å²) < 4.78 is 37.9. The second kappa shape index (κ2) is 5.52. The Labute approximate surface area is 101 Å². The van der Waals surface area contributed by atoms with E-state index in [1.165, 1.54) is 18.2 Å². The number of nitrogens with two attached hydrogens (primary N) is 2. The number of hydrogen-bond donors (Lipinski definition) is 2. The van der Waals surface area contributed by atoms with E-state index in [0.717, 1.165) is 6.07 Å². The average molecular weight is 259 g/mol. The van der Waals surface area contributed by atoms with Crippen molar-refractivity contribution in [1.82, 2.24) is 0 Å². The van der Waals surface area contributed by atoms with Crippen molar-refractivity contribution in [1.29, 1.82) is 0 Å². The number of hydrogen-bond acceptors (Lipinski definition) is 1. The van der Waals surface area contributed by atoms with E-state index < -0.39 is 23.6 Å². The molecule has 0 bridgehead atoms. The second-order valence-electron chi connectivity index (χ2n) is 3.59. The molecule has 0 atom stereocenters. The van der Waals surface area contributed by atoms with Gasteiger partial charge in [0.05, 0.1) is 5.56 Å². The quantitative estimate of drug-likeness (QED) is 0.636. The van der Waals surface area contributed by atoms with Crippen molar-refractivity contribution in [2.75, 3.05) is 0 Å². The van der Waals surface area contributed by atoms with Gasteiger partial charge in [0.1, 0.15) is 0 Å². The van der Waals surface area contributed by atoms with Gasteiger partial charge in [-0.3, -0.25) is 4.79 Å². The Bertz CT molecular complexity index is 465. The molecule has 0 aliphatic carbocycles. The maximum absolute atomic E-state index is 12.6. The van der Waals surface area contributed by atoms with Crippen LogP contribution in [0.1, 0.15) is 17.5 Å². The van der Waals surface area contributed by atoms with E-state index in [0.29, 0.717) is 0 Å². The van der Waals surface area contributed by atoms with Gasteiger partial charge >= 0.3 is 6.18 Å². The second-order valence-corrected chi connectivity index (χ2v) is 3.59. The molecule has 0 aliphatic rings. The summed E-state index contributed by atoms with van der Waals surface area (Å²) in [6.45, 7) is 0. The highest BCUT2D eigenvalue weighted by Crippen LogP contribution is 2.32. The smallest absolute Gasteiger partial charge is 0.370 e. The summed E-state index contributed by atoms with van der Waals surface area (Å²) >= 11 is 0. The Balaban J connectivity index is 2.80. The third-order valence-corrected chi connectivity index (χ3v) is 2.18. The number of aryl methyl sites for hydroxylation is 1. The van der Waals surface area contributed by atoms with Crippen LogP contribution < -0.4 is 11.5 Å². The Morgan fingerprint density at radius 3 is 2.39 bits per heavy atom. The zero-order chi connectivity index (χ0) is 13.8. The van der Waals surface area contributed by atoms with E-state index in [2.05, 4.69) is 4.99 Å². The predicted octanol–water partition coefficient (Wildman–Crippen LogP) is 1.44. The topological polar surface area (TPSA) is 81.5 Å². The zero-order valence-electron chi connectivity index (χ0n) is 9.37. The standard InChI is InChI=1S/C11H12F3N3O/c12-11(13,14)8-4-2-1-3-7(8)5-6-9(18)17-10(15)16/h1-4H,5-6H2,(H4,15,16,17,18). The highest BCUT2D eigenvalue weighted by Gasteiger charge is 2.32. The van der Waals surface area contributed by atoms with Crippen LogP contribution in [0.2, 0.25) is 0 Å². The Morgan fingerprint density at radius 1 is 1.22 bits per heavy atom. The number of halogens is 3. The number of alkyl halides is 3. The van der Waals surface area contributed by atoms with Crippen LogP contribution in [0.5, 0.6) is 0 Å². The van der Waals surface area contributed by atoms with Crippen LogP contribution in [0.4, 0.5) is 13.2 Å². The number of rotatable bonds is 3. The van der Waals surface area contributed by atoms with Crippen LogP contribution in [0.15, 0.2) is 29.3 Å². The van der Waals surface area contributed by atoms with Gasteiger partial charge in [0.15, 0.2) is 5.96 Å². The van der Waals surface area contributed by atoms with Gasteiger partial charge in [-0.05, 0) is 18.1 Å². The number of nitrogens with zero attached hydrogens (tertiary/aromatic N) is 1. The molecule has 7 heteroatoms. The van der Waals surface area contributed by atoms with Crippen molar-refractivity contribution in [2.24, 2.45) is 16.5 Å². The van der Waals surface area contributed by atoms with Gasteiger partial charge in [-0.15, -0.1) is 0 Å². The van der Waals surface area contributed by atoms with E-state index in [4.69, 9.17) is 11.5 Å². The molecule has 0 fully saturated rings. The minimum absolute atomic E-state index is 0.0455. The maximum atomic E-state index is 12.6. The van der Waals surface area contributed by atoms with Crippen molar-refractivity contribution in [3.05, 3.63) is 35.4 Å². The van der Waals surface area contributed by atoms with Crippen molar-refractivity contribution < 1.29 is 18.0 Å². The van der Waals surface area contributed by atoms with E-state index >= 15 is 0 Å². The molecule has 0 aliphatic heterocycles. The van der Waals surface area contributed by atoms with Gasteiger partial charge in [0, 0.05) is 6.42 Å².